The molecule has 3 aromatic heterocycles. The summed E-state index contributed by atoms with van der Waals surface area (Å²) in [4.78, 5) is 38.1. The van der Waals surface area contributed by atoms with Crippen molar-refractivity contribution in [2.75, 3.05) is 20.1 Å². The number of nitrogens with one attached hydrogen (secondary N) is 2. The number of H-pyrrole nitrogens is 1. The molecule has 0 aliphatic carbocycles. The van der Waals surface area contributed by atoms with Gasteiger partial charge in [-0.1, -0.05) is 24.6 Å². The number of aryl methyl sites for hydroxylation is 2. The first-order valence-electron chi connectivity index (χ1n) is 10.6. The van der Waals surface area contributed by atoms with E-state index < -0.39 is 0 Å². The van der Waals surface area contributed by atoms with Gasteiger partial charge in [0.15, 0.2) is 0 Å². The molecule has 7 nitrogen and oxygen atoms in total. The van der Waals surface area contributed by atoms with Gasteiger partial charge in [0.25, 0.3) is 11.5 Å². The maximum Gasteiger partial charge on any atom is 0.269 e. The van der Waals surface area contributed by atoms with Crippen LogP contribution >= 0.6 is 0 Å². The lowest BCUT2D eigenvalue weighted by Crippen LogP contribution is -2.19. The zero-order chi connectivity index (χ0) is 22.0. The Bertz CT molecular complexity index is 1230. The summed E-state index contributed by atoms with van der Waals surface area (Å²) in [5, 5.41) is 2.60. The highest BCUT2D eigenvalue weighted by molar-refractivity contribution is 5.92. The predicted octanol–water partition coefficient (Wildman–Crippen LogP) is 2.84. The topological polar surface area (TPSA) is 91.0 Å². The van der Waals surface area contributed by atoms with Gasteiger partial charge in [-0.05, 0) is 49.1 Å². The van der Waals surface area contributed by atoms with E-state index in [0.717, 1.165) is 59.5 Å². The van der Waals surface area contributed by atoms with Crippen molar-refractivity contribution in [1.82, 2.24) is 25.2 Å². The molecule has 1 aliphatic rings. The third-order valence-electron chi connectivity index (χ3n) is 5.73. The van der Waals surface area contributed by atoms with Crippen molar-refractivity contribution in [1.29, 1.82) is 0 Å². The quantitative estimate of drug-likeness (QED) is 0.666. The number of carbonyl (C=O) groups is 1. The molecule has 2 N–H and O–H groups in total. The molecule has 1 amide bonds. The largest absolute Gasteiger partial charge is 0.354 e. The standard InChI is InChI=1S/C24H27N5O2/c1-4-18-11-21-22(28-23(18)30)10-17(12-26-21)14-29-8-7-16(13-29)9-19-5-6-20(24(31)25-3)27-15(19)2/h5-6,9-12H,4,7-8,13-14H2,1-3H3,(H,25,31)(H,28,30)/b16-9+. The van der Waals surface area contributed by atoms with Crippen LogP contribution in [0.1, 0.15) is 46.2 Å². The van der Waals surface area contributed by atoms with Gasteiger partial charge < -0.3 is 10.3 Å². The van der Waals surface area contributed by atoms with Gasteiger partial charge in [-0.3, -0.25) is 19.5 Å². The number of pyridine rings is 3. The molecule has 4 rings (SSSR count). The summed E-state index contributed by atoms with van der Waals surface area (Å²) >= 11 is 0. The van der Waals surface area contributed by atoms with Crippen LogP contribution in [0.3, 0.4) is 0 Å². The van der Waals surface area contributed by atoms with Crippen LogP contribution < -0.4 is 10.9 Å². The van der Waals surface area contributed by atoms with Gasteiger partial charge in [0.1, 0.15) is 5.69 Å². The van der Waals surface area contributed by atoms with E-state index in [2.05, 4.69) is 31.2 Å². The third kappa shape index (κ3) is 4.56. The Morgan fingerprint density at radius 1 is 1.32 bits per heavy atom. The second-order valence-electron chi connectivity index (χ2n) is 7.97. The number of rotatable bonds is 5. The van der Waals surface area contributed by atoms with Crippen molar-refractivity contribution in [2.24, 2.45) is 0 Å². The molecule has 0 atom stereocenters. The molecule has 0 unspecified atom stereocenters. The minimum Gasteiger partial charge on any atom is -0.354 e. The fraction of sp³-hybridized carbons (Fsp3) is 0.333. The van der Waals surface area contributed by atoms with Gasteiger partial charge in [0.05, 0.1) is 11.0 Å². The monoisotopic (exact) mass is 417 g/mol. The van der Waals surface area contributed by atoms with Gasteiger partial charge in [-0.25, -0.2) is 4.98 Å². The Labute approximate surface area is 181 Å². The average Bonchev–Trinajstić information content (AvgIpc) is 3.20. The Hall–Kier alpha value is -3.32. The maximum absolute atomic E-state index is 12.1. The molecule has 0 spiro atoms. The second kappa shape index (κ2) is 8.81. The van der Waals surface area contributed by atoms with Crippen molar-refractivity contribution in [2.45, 2.75) is 33.2 Å². The predicted molar refractivity (Wildman–Crippen MR) is 122 cm³/mol. The summed E-state index contributed by atoms with van der Waals surface area (Å²) in [7, 11) is 1.60. The zero-order valence-corrected chi connectivity index (χ0v) is 18.2. The lowest BCUT2D eigenvalue weighted by atomic mass is 10.1. The molecule has 0 saturated carbocycles. The molecule has 1 aliphatic heterocycles. The molecule has 1 fully saturated rings. The summed E-state index contributed by atoms with van der Waals surface area (Å²) in [5.74, 6) is -0.175. The minimum absolute atomic E-state index is 0.0354. The first-order chi connectivity index (χ1) is 15.0. The summed E-state index contributed by atoms with van der Waals surface area (Å²) in [6, 6.07) is 7.62. The Morgan fingerprint density at radius 3 is 2.90 bits per heavy atom. The molecule has 0 bridgehead atoms. The first-order valence-corrected chi connectivity index (χ1v) is 10.6. The van der Waals surface area contributed by atoms with Gasteiger partial charge in [-0.15, -0.1) is 0 Å². The van der Waals surface area contributed by atoms with E-state index in [0.29, 0.717) is 12.1 Å². The molecular formula is C24H27N5O2. The maximum atomic E-state index is 12.1. The number of likely N-dealkylation sites (tertiary alicyclic amines) is 1. The first kappa shape index (κ1) is 20.9. The number of carbonyl (C=O) groups excluding carboxylic acids is 1. The number of fused-ring (bicyclic) bond motifs is 1. The van der Waals surface area contributed by atoms with Gasteiger partial charge in [-0.2, -0.15) is 0 Å². The van der Waals surface area contributed by atoms with E-state index in [1.165, 1.54) is 5.57 Å². The number of hydrogen-bond acceptors (Lipinski definition) is 5. The van der Waals surface area contributed by atoms with Gasteiger partial charge in [0.2, 0.25) is 0 Å². The SMILES string of the molecule is CCc1cc2ncc(CN3CC/C(=C\c4ccc(C(=O)NC)nc4C)C3)cc2[nH]c1=O. The molecule has 4 heterocycles. The number of hydrogen-bond donors (Lipinski definition) is 2. The Kier molecular flexibility index (Phi) is 5.95. The van der Waals surface area contributed by atoms with Crippen LogP contribution in [0.5, 0.6) is 0 Å². The van der Waals surface area contributed by atoms with E-state index in [1.54, 1.807) is 13.1 Å². The van der Waals surface area contributed by atoms with Crippen LogP contribution in [-0.4, -0.2) is 45.9 Å². The van der Waals surface area contributed by atoms with Crippen molar-refractivity contribution in [3.8, 4) is 0 Å². The number of amides is 1. The highest BCUT2D eigenvalue weighted by Crippen LogP contribution is 2.22. The summed E-state index contributed by atoms with van der Waals surface area (Å²) in [6.07, 6.45) is 5.77. The van der Waals surface area contributed by atoms with Crippen LogP contribution in [0.15, 0.2) is 40.8 Å². The zero-order valence-electron chi connectivity index (χ0n) is 18.2. The molecule has 31 heavy (non-hydrogen) atoms. The smallest absolute Gasteiger partial charge is 0.269 e. The fourth-order valence-corrected chi connectivity index (χ4v) is 3.97. The minimum atomic E-state index is -0.175. The van der Waals surface area contributed by atoms with Crippen LogP contribution in [0.4, 0.5) is 0 Å². The molecular weight excluding hydrogens is 390 g/mol. The lowest BCUT2D eigenvalue weighted by Gasteiger charge is -2.14. The van der Waals surface area contributed by atoms with Crippen LogP contribution in [0, 0.1) is 6.92 Å². The van der Waals surface area contributed by atoms with E-state index in [9.17, 15) is 9.59 Å². The van der Waals surface area contributed by atoms with Gasteiger partial charge in [0, 0.05) is 44.1 Å². The highest BCUT2D eigenvalue weighted by atomic mass is 16.1. The third-order valence-corrected chi connectivity index (χ3v) is 5.73. The molecule has 1 saturated heterocycles. The van der Waals surface area contributed by atoms with E-state index >= 15 is 0 Å². The average molecular weight is 418 g/mol. The van der Waals surface area contributed by atoms with Crippen molar-refractivity contribution in [3.63, 3.8) is 0 Å². The Morgan fingerprint density at radius 2 is 2.16 bits per heavy atom. The fourth-order valence-electron chi connectivity index (χ4n) is 3.97. The molecule has 3 aromatic rings. The van der Waals surface area contributed by atoms with Crippen LogP contribution in [0.2, 0.25) is 0 Å². The van der Waals surface area contributed by atoms with Crippen LogP contribution in [-0.2, 0) is 13.0 Å². The normalized spacial score (nSPS) is 15.6. The van der Waals surface area contributed by atoms with Crippen LogP contribution in [0.25, 0.3) is 17.1 Å². The molecule has 0 aromatic carbocycles. The molecule has 7 heteroatoms. The molecule has 160 valence electrons. The van der Waals surface area contributed by atoms with E-state index in [-0.39, 0.29) is 11.5 Å². The van der Waals surface area contributed by atoms with Crippen molar-refractivity contribution >= 4 is 23.0 Å². The van der Waals surface area contributed by atoms with Crippen molar-refractivity contribution in [3.05, 3.63) is 74.5 Å². The van der Waals surface area contributed by atoms with Crippen molar-refractivity contribution < 1.29 is 4.79 Å². The highest BCUT2D eigenvalue weighted by Gasteiger charge is 2.18. The summed E-state index contributed by atoms with van der Waals surface area (Å²) in [6.45, 7) is 6.52. The van der Waals surface area contributed by atoms with Gasteiger partial charge >= 0.3 is 0 Å². The summed E-state index contributed by atoms with van der Waals surface area (Å²) < 4.78 is 0. The lowest BCUT2D eigenvalue weighted by molar-refractivity contribution is 0.0958. The van der Waals surface area contributed by atoms with E-state index in [1.807, 2.05) is 38.2 Å². The Balaban J connectivity index is 1.47. The number of nitrogens with zero attached hydrogens (tertiary/aromatic N) is 3. The van der Waals surface area contributed by atoms with E-state index in [4.69, 9.17) is 0 Å². The number of aromatic amines is 1. The molecule has 0 radical (unpaired) electrons. The summed E-state index contributed by atoms with van der Waals surface area (Å²) in [5.41, 5.74) is 7.08. The second-order valence-corrected chi connectivity index (χ2v) is 7.97. The number of aromatic nitrogens is 3.